The summed E-state index contributed by atoms with van der Waals surface area (Å²) in [6, 6.07) is 7.02. The van der Waals surface area contributed by atoms with E-state index in [1.54, 1.807) is 12.1 Å². The van der Waals surface area contributed by atoms with Gasteiger partial charge in [0.1, 0.15) is 5.82 Å². The average molecular weight is 269 g/mol. The van der Waals surface area contributed by atoms with E-state index in [4.69, 9.17) is 0 Å². The fourth-order valence-electron chi connectivity index (χ4n) is 2.09. The van der Waals surface area contributed by atoms with E-state index in [0.717, 1.165) is 24.9 Å². The van der Waals surface area contributed by atoms with Gasteiger partial charge in [-0.2, -0.15) is 11.8 Å². The van der Waals surface area contributed by atoms with E-state index in [1.807, 2.05) is 17.8 Å². The molecule has 1 N–H and O–H groups in total. The highest BCUT2D eigenvalue weighted by molar-refractivity contribution is 8.00. The van der Waals surface area contributed by atoms with Crippen LogP contribution in [0, 0.1) is 5.82 Å². The second-order valence-corrected chi connectivity index (χ2v) is 6.03. The fraction of sp³-hybridized carbons (Fsp3) is 0.600. The summed E-state index contributed by atoms with van der Waals surface area (Å²) in [4.78, 5) is 0. The quantitative estimate of drug-likeness (QED) is 0.787. The highest BCUT2D eigenvalue weighted by Crippen LogP contribution is 2.30. The maximum absolute atomic E-state index is 13.2. The number of hydrogen-bond donors (Lipinski definition) is 1. The molecule has 1 unspecified atom stereocenters. The van der Waals surface area contributed by atoms with Crippen molar-refractivity contribution in [1.29, 1.82) is 0 Å². The summed E-state index contributed by atoms with van der Waals surface area (Å²) in [6.45, 7) is 7.51. The first-order valence-electron chi connectivity index (χ1n) is 6.61. The van der Waals surface area contributed by atoms with E-state index in [2.05, 4.69) is 32.3 Å². The SMILES string of the molecule is CCC(CC)(CNC(C)c1cccc(F)c1)SC. The van der Waals surface area contributed by atoms with Gasteiger partial charge < -0.3 is 5.32 Å². The molecule has 102 valence electrons. The summed E-state index contributed by atoms with van der Waals surface area (Å²) in [7, 11) is 0. The van der Waals surface area contributed by atoms with Crippen molar-refractivity contribution < 1.29 is 4.39 Å². The summed E-state index contributed by atoms with van der Waals surface area (Å²) in [5.74, 6) is -0.164. The van der Waals surface area contributed by atoms with Crippen molar-refractivity contribution in [2.75, 3.05) is 12.8 Å². The van der Waals surface area contributed by atoms with Gasteiger partial charge in [-0.1, -0.05) is 26.0 Å². The number of rotatable bonds is 7. The number of halogens is 1. The molecule has 0 bridgehead atoms. The van der Waals surface area contributed by atoms with Gasteiger partial charge in [-0.3, -0.25) is 0 Å². The Kier molecular flexibility index (Phi) is 6.16. The Morgan fingerprint density at radius 1 is 1.33 bits per heavy atom. The molecule has 0 fully saturated rings. The van der Waals surface area contributed by atoms with Gasteiger partial charge in [-0.25, -0.2) is 4.39 Å². The van der Waals surface area contributed by atoms with Crippen LogP contribution < -0.4 is 5.32 Å². The zero-order chi connectivity index (χ0) is 13.6. The summed E-state index contributed by atoms with van der Waals surface area (Å²) in [5.41, 5.74) is 1.01. The lowest BCUT2D eigenvalue weighted by Crippen LogP contribution is -2.37. The third-order valence-corrected chi connectivity index (χ3v) is 5.39. The van der Waals surface area contributed by atoms with Crippen molar-refractivity contribution in [3.8, 4) is 0 Å². The second kappa shape index (κ2) is 7.15. The first-order valence-corrected chi connectivity index (χ1v) is 7.83. The summed E-state index contributed by atoms with van der Waals surface area (Å²) in [5, 5.41) is 3.53. The third-order valence-electron chi connectivity index (χ3n) is 3.80. The minimum absolute atomic E-state index is 0.164. The van der Waals surface area contributed by atoms with E-state index >= 15 is 0 Å². The number of thioether (sulfide) groups is 1. The molecule has 0 saturated heterocycles. The monoisotopic (exact) mass is 269 g/mol. The molecule has 1 atom stereocenters. The molecule has 0 amide bonds. The topological polar surface area (TPSA) is 12.0 Å². The van der Waals surface area contributed by atoms with Crippen LogP contribution in [0.15, 0.2) is 24.3 Å². The molecule has 0 aliphatic carbocycles. The van der Waals surface area contributed by atoms with E-state index in [1.165, 1.54) is 6.07 Å². The molecule has 18 heavy (non-hydrogen) atoms. The van der Waals surface area contributed by atoms with Crippen molar-refractivity contribution in [2.45, 2.75) is 44.4 Å². The van der Waals surface area contributed by atoms with Gasteiger partial charge in [-0.05, 0) is 43.7 Å². The standard InChI is InChI=1S/C15H24FNS/c1-5-15(6-2,18-4)11-17-12(3)13-8-7-9-14(16)10-13/h7-10,12,17H,5-6,11H2,1-4H3. The Hall–Kier alpha value is -0.540. The summed E-state index contributed by atoms with van der Waals surface area (Å²) >= 11 is 1.92. The number of nitrogens with one attached hydrogen (secondary N) is 1. The predicted molar refractivity (Wildman–Crippen MR) is 79.6 cm³/mol. The molecule has 1 nitrogen and oxygen atoms in total. The highest BCUT2D eigenvalue weighted by atomic mass is 32.2. The van der Waals surface area contributed by atoms with Crippen LogP contribution in [0.1, 0.15) is 45.2 Å². The fourth-order valence-corrected chi connectivity index (χ4v) is 2.90. The van der Waals surface area contributed by atoms with Crippen LogP contribution in [-0.4, -0.2) is 17.5 Å². The smallest absolute Gasteiger partial charge is 0.123 e. The molecule has 1 rings (SSSR count). The van der Waals surface area contributed by atoms with E-state index in [-0.39, 0.29) is 11.9 Å². The van der Waals surface area contributed by atoms with Gasteiger partial charge in [0.25, 0.3) is 0 Å². The minimum atomic E-state index is -0.164. The molecular formula is C15H24FNS. The zero-order valence-electron chi connectivity index (χ0n) is 11.8. The molecule has 0 aromatic heterocycles. The van der Waals surface area contributed by atoms with Gasteiger partial charge >= 0.3 is 0 Å². The average Bonchev–Trinajstić information content (AvgIpc) is 2.40. The Morgan fingerprint density at radius 3 is 2.50 bits per heavy atom. The van der Waals surface area contributed by atoms with Crippen LogP contribution in [0.25, 0.3) is 0 Å². The van der Waals surface area contributed by atoms with Crippen LogP contribution in [-0.2, 0) is 0 Å². The van der Waals surface area contributed by atoms with Crippen molar-refractivity contribution in [1.82, 2.24) is 5.32 Å². The van der Waals surface area contributed by atoms with Crippen molar-refractivity contribution in [3.05, 3.63) is 35.6 Å². The summed E-state index contributed by atoms with van der Waals surface area (Å²) < 4.78 is 13.5. The Bertz CT molecular complexity index is 355. The van der Waals surface area contributed by atoms with Gasteiger partial charge in [-0.15, -0.1) is 0 Å². The van der Waals surface area contributed by atoms with Crippen LogP contribution in [0.2, 0.25) is 0 Å². The first kappa shape index (κ1) is 15.5. The van der Waals surface area contributed by atoms with Crippen molar-refractivity contribution in [2.24, 2.45) is 0 Å². The predicted octanol–water partition coefficient (Wildman–Crippen LogP) is 4.40. The lowest BCUT2D eigenvalue weighted by molar-refractivity contribution is 0.458. The molecule has 1 aromatic carbocycles. The van der Waals surface area contributed by atoms with Crippen LogP contribution >= 0.6 is 11.8 Å². The first-order chi connectivity index (χ1) is 8.56. The Morgan fingerprint density at radius 2 is 2.00 bits per heavy atom. The molecule has 0 heterocycles. The van der Waals surface area contributed by atoms with Gasteiger partial charge in [0.15, 0.2) is 0 Å². The van der Waals surface area contributed by atoms with Crippen LogP contribution in [0.5, 0.6) is 0 Å². The van der Waals surface area contributed by atoms with E-state index in [9.17, 15) is 4.39 Å². The largest absolute Gasteiger partial charge is 0.309 e. The lowest BCUT2D eigenvalue weighted by atomic mass is 10.0. The molecule has 3 heteroatoms. The molecule has 0 aliphatic rings. The number of benzene rings is 1. The Labute approximate surface area is 115 Å². The Balaban J connectivity index is 2.62. The molecule has 0 spiro atoms. The molecular weight excluding hydrogens is 245 g/mol. The van der Waals surface area contributed by atoms with Crippen molar-refractivity contribution >= 4 is 11.8 Å². The molecule has 1 aromatic rings. The maximum Gasteiger partial charge on any atom is 0.123 e. The molecule has 0 aliphatic heterocycles. The highest BCUT2D eigenvalue weighted by Gasteiger charge is 2.25. The lowest BCUT2D eigenvalue weighted by Gasteiger charge is -2.31. The minimum Gasteiger partial charge on any atom is -0.309 e. The van der Waals surface area contributed by atoms with Crippen LogP contribution in [0.4, 0.5) is 4.39 Å². The zero-order valence-corrected chi connectivity index (χ0v) is 12.6. The molecule has 0 saturated carbocycles. The van der Waals surface area contributed by atoms with Crippen LogP contribution in [0.3, 0.4) is 0 Å². The van der Waals surface area contributed by atoms with Gasteiger partial charge in [0, 0.05) is 17.3 Å². The maximum atomic E-state index is 13.2. The molecule has 0 radical (unpaired) electrons. The summed E-state index contributed by atoms with van der Waals surface area (Å²) in [6.07, 6.45) is 4.46. The number of hydrogen-bond acceptors (Lipinski definition) is 2. The van der Waals surface area contributed by atoms with Crippen molar-refractivity contribution in [3.63, 3.8) is 0 Å². The van der Waals surface area contributed by atoms with Gasteiger partial charge in [0.05, 0.1) is 0 Å². The van der Waals surface area contributed by atoms with E-state index < -0.39 is 0 Å². The normalized spacial score (nSPS) is 13.6. The second-order valence-electron chi connectivity index (χ2n) is 4.75. The van der Waals surface area contributed by atoms with Gasteiger partial charge in [0.2, 0.25) is 0 Å². The third kappa shape index (κ3) is 3.99. The van der Waals surface area contributed by atoms with E-state index in [0.29, 0.717) is 4.75 Å².